The van der Waals surface area contributed by atoms with Crippen molar-refractivity contribution in [2.45, 2.75) is 0 Å². The van der Waals surface area contributed by atoms with E-state index in [4.69, 9.17) is 19.2 Å². The van der Waals surface area contributed by atoms with Gasteiger partial charge in [-0.3, -0.25) is 0 Å². The Morgan fingerprint density at radius 3 is 0.889 bits per heavy atom. The molecule has 0 saturated heterocycles. The number of hydrogen-bond donors (Lipinski definition) is 3. The Hall–Kier alpha value is 4.77. The van der Waals surface area contributed by atoms with E-state index < -0.39 is 7.82 Å². The first-order valence-corrected chi connectivity index (χ1v) is 2.35. The molecule has 0 rings (SSSR count). The van der Waals surface area contributed by atoms with E-state index in [2.05, 4.69) is 0 Å². The standard InChI is InChI=1S/3Ca.H3O4P.Zr.6H/c;;;1-5(2,3)4;;;;;;;/h;;;(H3,1,2,3,4);;;;;;;. The molecule has 3 N–H and O–H groups in total. The predicted octanol–water partition coefficient (Wildman–Crippen LogP) is -3.68. The number of phosphoric acid groups is 1. The van der Waals surface area contributed by atoms with Crippen molar-refractivity contribution in [2.75, 3.05) is 0 Å². The van der Waals surface area contributed by atoms with Crippen molar-refractivity contribution in [3.05, 3.63) is 0 Å². The van der Waals surface area contributed by atoms with E-state index in [0.29, 0.717) is 0 Å². The first kappa shape index (κ1) is 29.2. The van der Waals surface area contributed by atoms with Gasteiger partial charge in [-0.2, -0.15) is 0 Å². The van der Waals surface area contributed by atoms with Crippen LogP contribution in [0.5, 0.6) is 0 Å². The SMILES string of the molecule is O=P(O)(O)O.[CaH2].[CaH2].[CaH2].[Zr]. The van der Waals surface area contributed by atoms with Crippen LogP contribution in [-0.2, 0) is 30.8 Å². The van der Waals surface area contributed by atoms with Crippen molar-refractivity contribution in [2.24, 2.45) is 0 Å². The summed E-state index contributed by atoms with van der Waals surface area (Å²) in [6.45, 7) is 0. The number of rotatable bonds is 0. The molecule has 48 valence electrons. The maximum Gasteiger partial charge on any atom is 0 e. The van der Waals surface area contributed by atoms with Crippen LogP contribution in [-0.4, -0.2) is 128 Å². The van der Waals surface area contributed by atoms with Crippen LogP contribution in [0.4, 0.5) is 0 Å². The molecule has 0 aromatic heterocycles. The van der Waals surface area contributed by atoms with Crippen molar-refractivity contribution in [3.63, 3.8) is 0 Å². The maximum absolute atomic E-state index is 8.88. The van der Waals surface area contributed by atoms with E-state index in [1.165, 1.54) is 0 Å². The van der Waals surface area contributed by atoms with Crippen molar-refractivity contribution in [3.8, 4) is 0 Å². The van der Waals surface area contributed by atoms with Crippen LogP contribution in [0, 0.1) is 0 Å². The first-order chi connectivity index (χ1) is 2.00. The van der Waals surface area contributed by atoms with Crippen molar-refractivity contribution in [1.82, 2.24) is 0 Å². The Kier molecular flexibility index (Phi) is 49.5. The van der Waals surface area contributed by atoms with Crippen LogP contribution in [0.3, 0.4) is 0 Å². The average Bonchev–Trinajstić information content (AvgIpc) is 0.722. The summed E-state index contributed by atoms with van der Waals surface area (Å²) in [4.78, 5) is 21.6. The van der Waals surface area contributed by atoms with Crippen LogP contribution in [0.1, 0.15) is 0 Å². The van der Waals surface area contributed by atoms with Gasteiger partial charge in [-0.15, -0.1) is 0 Å². The fraction of sp³-hybridized carbons (Fsp3) is 0. The zero-order valence-corrected chi connectivity index (χ0v) is 6.05. The summed E-state index contributed by atoms with van der Waals surface area (Å²) in [5.41, 5.74) is 0. The summed E-state index contributed by atoms with van der Waals surface area (Å²) in [5.74, 6) is 0. The summed E-state index contributed by atoms with van der Waals surface area (Å²) >= 11 is 0. The fourth-order valence-corrected chi connectivity index (χ4v) is 0. The molecule has 0 aromatic carbocycles. The molecule has 0 aliphatic heterocycles. The van der Waals surface area contributed by atoms with E-state index in [0.717, 1.165) is 0 Å². The smallest absolute Gasteiger partial charge is 0 e. The van der Waals surface area contributed by atoms with E-state index in [1.807, 2.05) is 0 Å². The van der Waals surface area contributed by atoms with Crippen molar-refractivity contribution in [1.29, 1.82) is 0 Å². The monoisotopic (exact) mass is 314 g/mol. The zero-order chi connectivity index (χ0) is 4.50. The van der Waals surface area contributed by atoms with Gasteiger partial charge in [0.15, 0.2) is 0 Å². The second-order valence-electron chi connectivity index (χ2n) is 0.513. The minimum Gasteiger partial charge on any atom is 0 e. The molecule has 9 heteroatoms. The van der Waals surface area contributed by atoms with Gasteiger partial charge in [0.25, 0.3) is 0 Å². The van der Waals surface area contributed by atoms with Crippen LogP contribution in [0.15, 0.2) is 0 Å². The van der Waals surface area contributed by atoms with Crippen molar-refractivity contribution < 1.29 is 45.4 Å². The molecular weight excluding hydrogens is 306 g/mol. The van der Waals surface area contributed by atoms with Gasteiger partial charge in [-0.1, -0.05) is 0 Å². The molecule has 4 nitrogen and oxygen atoms in total. The molecule has 0 aromatic rings. The van der Waals surface area contributed by atoms with E-state index in [-0.39, 0.29) is 139 Å². The summed E-state index contributed by atoms with van der Waals surface area (Å²) < 4.78 is 8.88. The summed E-state index contributed by atoms with van der Waals surface area (Å²) in [6.07, 6.45) is 0. The molecule has 0 unspecified atom stereocenters. The quantitative estimate of drug-likeness (QED) is 0.318. The van der Waals surface area contributed by atoms with E-state index in [1.54, 1.807) is 0 Å². The second kappa shape index (κ2) is 15.3. The first-order valence-electron chi connectivity index (χ1n) is 0.783. The van der Waals surface area contributed by atoms with Crippen LogP contribution in [0.25, 0.3) is 0 Å². The van der Waals surface area contributed by atoms with E-state index in [9.17, 15) is 0 Å². The molecule has 0 heterocycles. The average molecular weight is 316 g/mol. The summed E-state index contributed by atoms with van der Waals surface area (Å²) in [7, 11) is -4.64. The largest absolute Gasteiger partial charge is 0 e. The molecule has 0 aliphatic carbocycles. The Balaban J connectivity index is -0.0000000133. The molecule has 0 aliphatic rings. The molecule has 0 saturated carbocycles. The maximum atomic E-state index is 8.88. The van der Waals surface area contributed by atoms with Crippen LogP contribution in [0.2, 0.25) is 0 Å². The third kappa shape index (κ3) is 65.1. The third-order valence-electron chi connectivity index (χ3n) is 0. The van der Waals surface area contributed by atoms with Gasteiger partial charge in [0.2, 0.25) is 0 Å². The molecule has 0 radical (unpaired) electrons. The molecule has 0 fully saturated rings. The topological polar surface area (TPSA) is 77.8 Å². The van der Waals surface area contributed by atoms with Gasteiger partial charge in [0.1, 0.15) is 0 Å². The Labute approximate surface area is 162 Å². The third-order valence-corrected chi connectivity index (χ3v) is 0. The molecule has 0 atom stereocenters. The second-order valence-corrected chi connectivity index (χ2v) is 1.54. The van der Waals surface area contributed by atoms with E-state index >= 15 is 0 Å². The molecular formula is H9Ca3O4PZr. The van der Waals surface area contributed by atoms with Gasteiger partial charge >= 0.3 is 121 Å². The minimum atomic E-state index is -4.64. The Morgan fingerprint density at radius 2 is 0.889 bits per heavy atom. The Bertz CT molecular complexity index is 61.9. The van der Waals surface area contributed by atoms with Gasteiger partial charge in [-0.25, -0.2) is 4.57 Å². The molecule has 0 amide bonds. The normalized spacial score (nSPS) is 6.56. The van der Waals surface area contributed by atoms with Gasteiger partial charge in [0.05, 0.1) is 0 Å². The van der Waals surface area contributed by atoms with Crippen LogP contribution >= 0.6 is 7.82 Å². The predicted molar refractivity (Wildman–Crippen MR) is 39.9 cm³/mol. The molecule has 0 bridgehead atoms. The van der Waals surface area contributed by atoms with Gasteiger partial charge in [-0.05, 0) is 0 Å². The number of hydrogen-bond acceptors (Lipinski definition) is 1. The minimum absolute atomic E-state index is 0. The summed E-state index contributed by atoms with van der Waals surface area (Å²) in [5, 5.41) is 0. The fourth-order valence-electron chi connectivity index (χ4n) is 0. The van der Waals surface area contributed by atoms with Gasteiger partial charge < -0.3 is 14.7 Å². The summed E-state index contributed by atoms with van der Waals surface area (Å²) in [6, 6.07) is 0. The van der Waals surface area contributed by atoms with Crippen molar-refractivity contribution >= 4 is 121 Å². The molecule has 0 spiro atoms. The Morgan fingerprint density at radius 1 is 0.889 bits per heavy atom. The van der Waals surface area contributed by atoms with Gasteiger partial charge in [0, 0.05) is 26.2 Å². The zero-order valence-electron chi connectivity index (χ0n) is 2.70. The van der Waals surface area contributed by atoms with Crippen LogP contribution < -0.4 is 0 Å². The molecule has 9 heavy (non-hydrogen) atoms.